The summed E-state index contributed by atoms with van der Waals surface area (Å²) in [5, 5.41) is 8.97. The molecule has 0 spiro atoms. The van der Waals surface area contributed by atoms with Gasteiger partial charge in [0.2, 0.25) is 5.91 Å². The monoisotopic (exact) mass is 285 g/mol. The van der Waals surface area contributed by atoms with Gasteiger partial charge in [-0.25, -0.2) is 0 Å². The number of hydrogen-bond donors (Lipinski definition) is 2. The van der Waals surface area contributed by atoms with Crippen LogP contribution >= 0.6 is 0 Å². The Labute approximate surface area is 120 Å². The lowest BCUT2D eigenvalue weighted by Gasteiger charge is -2.36. The van der Waals surface area contributed by atoms with Crippen molar-refractivity contribution < 1.29 is 14.7 Å². The zero-order valence-corrected chi connectivity index (χ0v) is 12.4. The normalized spacial score (nSPS) is 18.0. The number of carbonyl (C=O) groups is 2. The predicted molar refractivity (Wildman–Crippen MR) is 77.4 cm³/mol. The van der Waals surface area contributed by atoms with Crippen molar-refractivity contribution in [1.29, 1.82) is 0 Å². The Morgan fingerprint density at radius 1 is 1.10 bits per heavy atom. The molecular weight excluding hydrogens is 258 g/mol. The number of nitrogens with two attached hydrogens (primary N) is 1. The van der Waals surface area contributed by atoms with E-state index in [4.69, 9.17) is 10.8 Å². The average Bonchev–Trinajstić information content (AvgIpc) is 2.46. The zero-order chi connectivity index (χ0) is 15.0. The number of aliphatic carboxylic acids is 1. The van der Waals surface area contributed by atoms with Gasteiger partial charge in [0, 0.05) is 32.6 Å². The first-order valence-corrected chi connectivity index (χ1v) is 7.51. The molecule has 1 rings (SSSR count). The number of carboxylic acid groups (broad SMARTS) is 1. The van der Waals surface area contributed by atoms with E-state index in [0.29, 0.717) is 32.6 Å². The van der Waals surface area contributed by atoms with E-state index in [1.54, 1.807) is 6.92 Å². The van der Waals surface area contributed by atoms with Crippen molar-refractivity contribution in [2.75, 3.05) is 32.7 Å². The predicted octanol–water partition coefficient (Wildman–Crippen LogP) is 0.513. The number of carboxylic acids is 1. The molecule has 0 aromatic carbocycles. The molecule has 116 valence electrons. The molecule has 0 bridgehead atoms. The Morgan fingerprint density at radius 2 is 1.70 bits per heavy atom. The first-order chi connectivity index (χ1) is 9.56. The molecule has 6 nitrogen and oxygen atoms in total. The molecular formula is C14H27N3O3. The number of nitrogens with zero attached hydrogens (tertiary/aromatic N) is 2. The Balaban J connectivity index is 2.20. The third-order valence-corrected chi connectivity index (χ3v) is 3.92. The summed E-state index contributed by atoms with van der Waals surface area (Å²) in [6, 6.07) is -0.469. The Bertz CT molecular complexity index is 315. The number of rotatable bonds is 8. The molecule has 1 amide bonds. The molecule has 0 radical (unpaired) electrons. The van der Waals surface area contributed by atoms with Crippen molar-refractivity contribution in [3.8, 4) is 0 Å². The summed E-state index contributed by atoms with van der Waals surface area (Å²) in [6.07, 6.45) is 4.69. The molecule has 20 heavy (non-hydrogen) atoms. The number of piperazine rings is 1. The van der Waals surface area contributed by atoms with E-state index in [0.717, 1.165) is 32.2 Å². The average molecular weight is 285 g/mol. The molecule has 0 aromatic rings. The molecule has 6 heteroatoms. The second kappa shape index (κ2) is 8.92. The van der Waals surface area contributed by atoms with Crippen LogP contribution in [0.4, 0.5) is 0 Å². The van der Waals surface area contributed by atoms with Crippen molar-refractivity contribution in [3.63, 3.8) is 0 Å². The van der Waals surface area contributed by atoms with E-state index in [-0.39, 0.29) is 5.91 Å². The first kappa shape index (κ1) is 16.9. The molecule has 1 saturated heterocycles. The Morgan fingerprint density at radius 3 is 2.25 bits per heavy atom. The quantitative estimate of drug-likeness (QED) is 0.635. The van der Waals surface area contributed by atoms with Crippen LogP contribution in [-0.2, 0) is 9.59 Å². The number of hydrogen-bond acceptors (Lipinski definition) is 4. The summed E-state index contributed by atoms with van der Waals surface area (Å²) >= 11 is 0. The second-order valence-corrected chi connectivity index (χ2v) is 5.38. The summed E-state index contributed by atoms with van der Waals surface area (Å²) in [6.45, 7) is 4.98. The van der Waals surface area contributed by atoms with Crippen LogP contribution in [0.2, 0.25) is 0 Å². The number of amides is 1. The maximum absolute atomic E-state index is 12.0. The lowest BCUT2D eigenvalue weighted by molar-refractivity contribution is -0.144. The van der Waals surface area contributed by atoms with Gasteiger partial charge in [0.1, 0.15) is 6.04 Å². The molecule has 0 aliphatic carbocycles. The standard InChI is InChI=1S/C14H27N3O3/c1-12(14(19)20)16-8-10-17(11-9-16)13(18)6-4-2-3-5-7-15/h12H,2-11,15H2,1H3,(H,19,20). The Kier molecular flexibility index (Phi) is 7.54. The molecule has 1 fully saturated rings. The maximum Gasteiger partial charge on any atom is 0.320 e. The number of unbranched alkanes of at least 4 members (excludes halogenated alkanes) is 3. The van der Waals surface area contributed by atoms with Gasteiger partial charge in [0.25, 0.3) is 0 Å². The van der Waals surface area contributed by atoms with Crippen LogP contribution in [0.15, 0.2) is 0 Å². The van der Waals surface area contributed by atoms with Gasteiger partial charge in [-0.1, -0.05) is 12.8 Å². The summed E-state index contributed by atoms with van der Waals surface area (Å²) in [4.78, 5) is 26.7. The third-order valence-electron chi connectivity index (χ3n) is 3.92. The van der Waals surface area contributed by atoms with E-state index in [2.05, 4.69) is 0 Å². The smallest absolute Gasteiger partial charge is 0.320 e. The van der Waals surface area contributed by atoms with Gasteiger partial charge in [0.15, 0.2) is 0 Å². The van der Waals surface area contributed by atoms with Crippen LogP contribution in [-0.4, -0.2) is 65.5 Å². The van der Waals surface area contributed by atoms with E-state index in [1.165, 1.54) is 0 Å². The highest BCUT2D eigenvalue weighted by atomic mass is 16.4. The summed E-state index contributed by atoms with van der Waals surface area (Å²) in [5.41, 5.74) is 5.42. The highest BCUT2D eigenvalue weighted by Gasteiger charge is 2.26. The van der Waals surface area contributed by atoms with Crippen molar-refractivity contribution in [2.45, 2.75) is 45.1 Å². The van der Waals surface area contributed by atoms with Crippen LogP contribution in [0.1, 0.15) is 39.0 Å². The molecule has 1 unspecified atom stereocenters. The van der Waals surface area contributed by atoms with Crippen LogP contribution in [0.25, 0.3) is 0 Å². The maximum atomic E-state index is 12.0. The third kappa shape index (κ3) is 5.46. The summed E-state index contributed by atoms with van der Waals surface area (Å²) < 4.78 is 0. The van der Waals surface area contributed by atoms with E-state index < -0.39 is 12.0 Å². The second-order valence-electron chi connectivity index (χ2n) is 5.38. The molecule has 1 atom stereocenters. The van der Waals surface area contributed by atoms with Gasteiger partial charge >= 0.3 is 5.97 Å². The lowest BCUT2D eigenvalue weighted by atomic mass is 10.1. The van der Waals surface area contributed by atoms with Crippen molar-refractivity contribution in [3.05, 3.63) is 0 Å². The molecule has 1 aliphatic rings. The fourth-order valence-electron chi connectivity index (χ4n) is 2.45. The number of carbonyl (C=O) groups excluding carboxylic acids is 1. The van der Waals surface area contributed by atoms with Gasteiger partial charge in [0.05, 0.1) is 0 Å². The summed E-state index contributed by atoms with van der Waals surface area (Å²) in [5.74, 6) is -0.606. The van der Waals surface area contributed by atoms with Crippen LogP contribution in [0, 0.1) is 0 Å². The van der Waals surface area contributed by atoms with Gasteiger partial charge in [-0.15, -0.1) is 0 Å². The molecule has 3 N–H and O–H groups in total. The highest BCUT2D eigenvalue weighted by Crippen LogP contribution is 2.10. The molecule has 0 saturated carbocycles. The molecule has 1 aliphatic heterocycles. The van der Waals surface area contributed by atoms with Gasteiger partial charge < -0.3 is 15.7 Å². The van der Waals surface area contributed by atoms with Crippen LogP contribution < -0.4 is 5.73 Å². The minimum Gasteiger partial charge on any atom is -0.480 e. The van der Waals surface area contributed by atoms with Crippen molar-refractivity contribution in [1.82, 2.24) is 9.80 Å². The molecule has 1 heterocycles. The van der Waals surface area contributed by atoms with E-state index in [9.17, 15) is 9.59 Å². The zero-order valence-electron chi connectivity index (χ0n) is 12.4. The van der Waals surface area contributed by atoms with Gasteiger partial charge in [-0.2, -0.15) is 0 Å². The fraction of sp³-hybridized carbons (Fsp3) is 0.857. The molecule has 0 aromatic heterocycles. The fourth-order valence-corrected chi connectivity index (χ4v) is 2.45. The van der Waals surface area contributed by atoms with Gasteiger partial charge in [-0.05, 0) is 26.3 Å². The minimum atomic E-state index is -0.801. The summed E-state index contributed by atoms with van der Waals surface area (Å²) in [7, 11) is 0. The van der Waals surface area contributed by atoms with Crippen LogP contribution in [0.5, 0.6) is 0 Å². The first-order valence-electron chi connectivity index (χ1n) is 7.51. The topological polar surface area (TPSA) is 86.9 Å². The minimum absolute atomic E-state index is 0.195. The van der Waals surface area contributed by atoms with E-state index in [1.807, 2.05) is 9.80 Å². The van der Waals surface area contributed by atoms with E-state index >= 15 is 0 Å². The lowest BCUT2D eigenvalue weighted by Crippen LogP contribution is -2.53. The van der Waals surface area contributed by atoms with Crippen LogP contribution in [0.3, 0.4) is 0 Å². The largest absolute Gasteiger partial charge is 0.480 e. The van der Waals surface area contributed by atoms with Crippen molar-refractivity contribution in [2.24, 2.45) is 5.73 Å². The van der Waals surface area contributed by atoms with Gasteiger partial charge in [-0.3, -0.25) is 14.5 Å². The Hall–Kier alpha value is -1.14. The van der Waals surface area contributed by atoms with Crippen molar-refractivity contribution >= 4 is 11.9 Å². The SMILES string of the molecule is CC(C(=O)O)N1CCN(C(=O)CCCCCCN)CC1. The highest BCUT2D eigenvalue weighted by molar-refractivity contribution is 5.76.